The summed E-state index contributed by atoms with van der Waals surface area (Å²) < 4.78 is 0. The van der Waals surface area contributed by atoms with Gasteiger partial charge in [-0.2, -0.15) is 9.97 Å². The molecule has 4 rings (SSSR count). The molecule has 0 spiro atoms. The second kappa shape index (κ2) is 4.75. The van der Waals surface area contributed by atoms with Gasteiger partial charge in [0.15, 0.2) is 0 Å². The minimum atomic E-state index is -0.848. The first-order valence-corrected chi connectivity index (χ1v) is 7.48. The fourth-order valence-corrected chi connectivity index (χ4v) is 3.74. The predicted octanol–water partition coefficient (Wildman–Crippen LogP) is 1.12. The minimum Gasteiger partial charge on any atom is -0.465 e. The van der Waals surface area contributed by atoms with E-state index >= 15 is 0 Å². The summed E-state index contributed by atoms with van der Waals surface area (Å²) in [5, 5.41) is 10.2. The Morgan fingerprint density at radius 3 is 3.00 bits per heavy atom. The van der Waals surface area contributed by atoms with Crippen LogP contribution >= 0.6 is 0 Å². The number of carbonyl (C=O) groups is 1. The van der Waals surface area contributed by atoms with Gasteiger partial charge in [0.05, 0.1) is 11.4 Å². The van der Waals surface area contributed by atoms with E-state index in [0.29, 0.717) is 19.0 Å². The number of hydrogen-bond acceptors (Lipinski definition) is 5. The van der Waals surface area contributed by atoms with E-state index in [2.05, 4.69) is 19.9 Å². The average Bonchev–Trinajstić information content (AvgIpc) is 3.11. The van der Waals surface area contributed by atoms with Crippen LogP contribution in [0.15, 0.2) is 12.3 Å². The number of nitrogens with one attached hydrogen (secondary N) is 1. The van der Waals surface area contributed by atoms with E-state index < -0.39 is 6.09 Å². The first-order valence-electron chi connectivity index (χ1n) is 7.48. The molecule has 22 heavy (non-hydrogen) atoms. The van der Waals surface area contributed by atoms with E-state index in [1.165, 1.54) is 4.90 Å². The van der Waals surface area contributed by atoms with E-state index in [9.17, 15) is 9.90 Å². The highest BCUT2D eigenvalue weighted by Crippen LogP contribution is 2.37. The first kappa shape index (κ1) is 13.2. The molecule has 4 heterocycles. The number of fused-ring (bicyclic) bond motifs is 2. The summed E-state index contributed by atoms with van der Waals surface area (Å²) in [6, 6.07) is 2.10. The molecule has 8 heteroatoms. The van der Waals surface area contributed by atoms with Crippen LogP contribution in [0.4, 0.5) is 16.6 Å². The first-order chi connectivity index (χ1) is 10.6. The van der Waals surface area contributed by atoms with Crippen molar-refractivity contribution >= 4 is 28.9 Å². The van der Waals surface area contributed by atoms with Crippen LogP contribution in [-0.2, 0) is 0 Å². The number of nitrogen functional groups attached to an aromatic ring is 1. The van der Waals surface area contributed by atoms with Crippen molar-refractivity contribution in [3.8, 4) is 0 Å². The molecule has 2 unspecified atom stereocenters. The quantitative estimate of drug-likeness (QED) is 0.728. The molecule has 1 amide bonds. The summed E-state index contributed by atoms with van der Waals surface area (Å²) in [5.41, 5.74) is 6.54. The van der Waals surface area contributed by atoms with Gasteiger partial charge in [-0.15, -0.1) is 0 Å². The zero-order valence-electron chi connectivity index (χ0n) is 12.1. The molecular formula is C14H18N6O2. The molecule has 2 fully saturated rings. The molecule has 4 N–H and O–H groups in total. The molecule has 2 aliphatic heterocycles. The zero-order valence-corrected chi connectivity index (χ0v) is 12.1. The predicted molar refractivity (Wildman–Crippen MR) is 81.8 cm³/mol. The number of amides is 1. The smallest absolute Gasteiger partial charge is 0.407 e. The standard InChI is InChI=1S/C14H18N6O2/c15-13-17-11-9(1-4-16-11)12(18-13)20-6-3-8-2-5-19(14(21)22)7-10(8)20/h1,4,8,10H,2-3,5-7H2,(H,21,22)(H3,15,16,17,18). The lowest BCUT2D eigenvalue weighted by Crippen LogP contribution is -2.50. The van der Waals surface area contributed by atoms with Crippen LogP contribution in [0.5, 0.6) is 0 Å². The second-order valence-corrected chi connectivity index (χ2v) is 5.97. The summed E-state index contributed by atoms with van der Waals surface area (Å²) in [5.74, 6) is 1.56. The fourth-order valence-electron chi connectivity index (χ4n) is 3.74. The van der Waals surface area contributed by atoms with Gasteiger partial charge in [0, 0.05) is 25.8 Å². The highest BCUT2D eigenvalue weighted by atomic mass is 16.4. The number of nitrogens with two attached hydrogens (primary N) is 1. The van der Waals surface area contributed by atoms with Gasteiger partial charge in [-0.25, -0.2) is 4.79 Å². The van der Waals surface area contributed by atoms with Crippen molar-refractivity contribution in [3.63, 3.8) is 0 Å². The Hall–Kier alpha value is -2.51. The Kier molecular flexibility index (Phi) is 2.85. The third-order valence-electron chi connectivity index (χ3n) is 4.82. The Bertz CT molecular complexity index is 729. The van der Waals surface area contributed by atoms with Gasteiger partial charge in [-0.3, -0.25) is 0 Å². The molecule has 8 nitrogen and oxygen atoms in total. The van der Waals surface area contributed by atoms with Gasteiger partial charge >= 0.3 is 6.09 Å². The summed E-state index contributed by atoms with van der Waals surface area (Å²) in [6.45, 7) is 2.02. The van der Waals surface area contributed by atoms with Crippen LogP contribution in [-0.4, -0.2) is 56.7 Å². The van der Waals surface area contributed by atoms with Crippen molar-refractivity contribution in [1.29, 1.82) is 0 Å². The largest absolute Gasteiger partial charge is 0.465 e. The number of carboxylic acid groups (broad SMARTS) is 1. The van der Waals surface area contributed by atoms with Crippen molar-refractivity contribution in [2.24, 2.45) is 5.92 Å². The van der Waals surface area contributed by atoms with Crippen molar-refractivity contribution in [1.82, 2.24) is 19.9 Å². The highest BCUT2D eigenvalue weighted by molar-refractivity contribution is 5.88. The van der Waals surface area contributed by atoms with Gasteiger partial charge < -0.3 is 25.6 Å². The Balaban J connectivity index is 1.72. The molecular weight excluding hydrogens is 284 g/mol. The number of likely N-dealkylation sites (tertiary alicyclic amines) is 1. The molecule has 0 radical (unpaired) electrons. The van der Waals surface area contributed by atoms with Crippen molar-refractivity contribution in [3.05, 3.63) is 12.3 Å². The zero-order chi connectivity index (χ0) is 15.3. The Morgan fingerprint density at radius 2 is 2.18 bits per heavy atom. The van der Waals surface area contributed by atoms with Crippen molar-refractivity contribution < 1.29 is 9.90 Å². The highest BCUT2D eigenvalue weighted by Gasteiger charge is 2.40. The number of anilines is 2. The van der Waals surface area contributed by atoms with E-state index in [-0.39, 0.29) is 12.0 Å². The average molecular weight is 302 g/mol. The van der Waals surface area contributed by atoms with E-state index in [1.807, 2.05) is 12.3 Å². The van der Waals surface area contributed by atoms with Crippen LogP contribution in [0.1, 0.15) is 12.8 Å². The van der Waals surface area contributed by atoms with Crippen LogP contribution in [0.25, 0.3) is 11.0 Å². The van der Waals surface area contributed by atoms with Gasteiger partial charge in [-0.05, 0) is 24.8 Å². The monoisotopic (exact) mass is 302 g/mol. The van der Waals surface area contributed by atoms with Crippen LogP contribution in [0, 0.1) is 5.92 Å². The summed E-state index contributed by atoms with van der Waals surface area (Å²) in [7, 11) is 0. The number of rotatable bonds is 1. The summed E-state index contributed by atoms with van der Waals surface area (Å²) in [4.78, 5) is 26.6. The molecule has 0 bridgehead atoms. The SMILES string of the molecule is Nc1nc(N2CCC3CCN(C(=O)O)CC32)c2cc[nH]c2n1. The van der Waals surface area contributed by atoms with Crippen LogP contribution in [0.2, 0.25) is 0 Å². The second-order valence-electron chi connectivity index (χ2n) is 5.97. The Labute approximate surface area is 126 Å². The molecule has 116 valence electrons. The lowest BCUT2D eigenvalue weighted by molar-refractivity contribution is 0.121. The number of piperidine rings is 1. The lowest BCUT2D eigenvalue weighted by Gasteiger charge is -2.37. The van der Waals surface area contributed by atoms with Crippen LogP contribution in [0.3, 0.4) is 0 Å². The molecule has 2 saturated heterocycles. The summed E-state index contributed by atoms with van der Waals surface area (Å²) in [6.07, 6.45) is 2.94. The van der Waals surface area contributed by atoms with Gasteiger partial charge in [0.25, 0.3) is 0 Å². The number of nitrogens with zero attached hydrogens (tertiary/aromatic N) is 4. The third-order valence-corrected chi connectivity index (χ3v) is 4.82. The summed E-state index contributed by atoms with van der Waals surface area (Å²) >= 11 is 0. The molecule has 2 aromatic heterocycles. The normalized spacial score (nSPS) is 24.7. The van der Waals surface area contributed by atoms with Crippen LogP contribution < -0.4 is 10.6 Å². The van der Waals surface area contributed by atoms with Gasteiger partial charge in [-0.1, -0.05) is 0 Å². The number of hydrogen-bond donors (Lipinski definition) is 3. The molecule has 0 aliphatic carbocycles. The molecule has 0 aromatic carbocycles. The topological polar surface area (TPSA) is 111 Å². The Morgan fingerprint density at radius 1 is 1.36 bits per heavy atom. The molecule has 0 saturated carbocycles. The van der Waals surface area contributed by atoms with Crippen molar-refractivity contribution in [2.45, 2.75) is 18.9 Å². The van der Waals surface area contributed by atoms with Gasteiger partial charge in [0.2, 0.25) is 5.95 Å². The number of H-pyrrole nitrogens is 1. The maximum Gasteiger partial charge on any atom is 0.407 e. The number of aromatic nitrogens is 3. The third kappa shape index (κ3) is 1.94. The maximum atomic E-state index is 11.3. The molecule has 2 aliphatic rings. The molecule has 2 atom stereocenters. The van der Waals surface area contributed by atoms with E-state index in [1.54, 1.807) is 0 Å². The fraction of sp³-hybridized carbons (Fsp3) is 0.500. The maximum absolute atomic E-state index is 11.3. The van der Waals surface area contributed by atoms with Crippen molar-refractivity contribution in [2.75, 3.05) is 30.3 Å². The van der Waals surface area contributed by atoms with E-state index in [0.717, 1.165) is 36.2 Å². The number of aromatic amines is 1. The minimum absolute atomic E-state index is 0.164. The lowest BCUT2D eigenvalue weighted by atomic mass is 9.92. The molecule has 2 aromatic rings. The van der Waals surface area contributed by atoms with Gasteiger partial charge in [0.1, 0.15) is 11.5 Å². The van der Waals surface area contributed by atoms with E-state index in [4.69, 9.17) is 5.73 Å².